The van der Waals surface area contributed by atoms with Crippen molar-refractivity contribution in [3.8, 4) is 0 Å². The Hall–Kier alpha value is -1.17. The minimum atomic E-state index is -1.97. The van der Waals surface area contributed by atoms with E-state index in [9.17, 15) is 45.6 Å². The van der Waals surface area contributed by atoms with Crippen LogP contribution in [0.3, 0.4) is 0 Å². The molecule has 3 aliphatic rings. The number of hydrogen-bond acceptors (Lipinski definition) is 17. The maximum absolute atomic E-state index is 12.7. The topological polar surface area (TPSA) is 332 Å². The highest BCUT2D eigenvalue weighted by molar-refractivity contribution is 5.84. The summed E-state index contributed by atoms with van der Waals surface area (Å²) >= 11 is 0. The van der Waals surface area contributed by atoms with Crippen molar-refractivity contribution in [2.24, 2.45) is 22.9 Å². The Kier molecular flexibility index (Phi) is 11.2. The van der Waals surface area contributed by atoms with E-state index in [-0.39, 0.29) is 19.5 Å². The summed E-state index contributed by atoms with van der Waals surface area (Å²) in [4.78, 5) is 12.7. The fourth-order valence-electron chi connectivity index (χ4n) is 5.01. The number of carbonyl (C=O) groups excluding carboxylic acids is 1. The van der Waals surface area contributed by atoms with Gasteiger partial charge < -0.3 is 88.1 Å². The first-order valence-corrected chi connectivity index (χ1v) is 13.0. The van der Waals surface area contributed by atoms with E-state index < -0.39 is 110 Å². The quantitative estimate of drug-likeness (QED) is 0.113. The van der Waals surface area contributed by atoms with Crippen LogP contribution in [0.2, 0.25) is 0 Å². The van der Waals surface area contributed by atoms with Crippen LogP contribution in [-0.4, -0.2) is 164 Å². The van der Waals surface area contributed by atoms with E-state index >= 15 is 0 Å². The Morgan fingerprint density at radius 3 is 1.95 bits per heavy atom. The molecule has 3 fully saturated rings. The Morgan fingerprint density at radius 1 is 0.825 bits per heavy atom. The lowest BCUT2D eigenvalue weighted by Crippen LogP contribution is -2.74. The number of aliphatic hydroxyl groups is 8. The highest BCUT2D eigenvalue weighted by Crippen LogP contribution is 2.33. The Balaban J connectivity index is 1.91. The number of nitrogens with two attached hydrogens (primary N) is 4. The van der Waals surface area contributed by atoms with Crippen molar-refractivity contribution in [2.45, 2.75) is 111 Å². The molecule has 1 aliphatic carbocycles. The van der Waals surface area contributed by atoms with Crippen LogP contribution in [-0.2, 0) is 23.7 Å². The van der Waals surface area contributed by atoms with E-state index in [0.29, 0.717) is 0 Å². The summed E-state index contributed by atoms with van der Waals surface area (Å²) in [6.07, 6.45) is -18.6. The van der Waals surface area contributed by atoms with Crippen LogP contribution in [0.25, 0.3) is 0 Å². The van der Waals surface area contributed by atoms with Crippen molar-refractivity contribution in [1.82, 2.24) is 5.32 Å². The van der Waals surface area contributed by atoms with E-state index in [0.717, 1.165) is 0 Å². The molecule has 2 saturated heterocycles. The molecule has 1 saturated carbocycles. The first kappa shape index (κ1) is 33.3. The molecular formula is C22H43N5O13. The normalized spacial score (nSPS) is 47.6. The number of aliphatic hydroxyl groups excluding tert-OH is 7. The third kappa shape index (κ3) is 6.57. The lowest BCUT2D eigenvalue weighted by molar-refractivity contribution is -0.312. The zero-order chi connectivity index (χ0) is 30.1. The summed E-state index contributed by atoms with van der Waals surface area (Å²) in [5.41, 5.74) is 21.3. The van der Waals surface area contributed by atoms with Crippen LogP contribution in [0.1, 0.15) is 13.3 Å². The van der Waals surface area contributed by atoms with Gasteiger partial charge in [-0.3, -0.25) is 4.79 Å². The number of carbonyl (C=O) groups is 1. The fourth-order valence-corrected chi connectivity index (χ4v) is 5.01. The molecule has 17 N–H and O–H groups in total. The lowest BCUT2D eigenvalue weighted by atomic mass is 9.81. The SMILES string of the molecule is CC(O)(CCN)C(=O)NC1C(O)C(N)C(OC2OC(CN)C(O)C(O)C2N)C(OC2OC(CO)C(O)C2O)C1O. The van der Waals surface area contributed by atoms with E-state index in [4.69, 9.17) is 41.9 Å². The molecule has 2 aliphatic heterocycles. The molecule has 40 heavy (non-hydrogen) atoms. The Labute approximate surface area is 229 Å². The van der Waals surface area contributed by atoms with E-state index in [1.54, 1.807) is 0 Å². The molecule has 0 aromatic heterocycles. The van der Waals surface area contributed by atoms with Gasteiger partial charge >= 0.3 is 0 Å². The second kappa shape index (κ2) is 13.4. The zero-order valence-electron chi connectivity index (χ0n) is 21.9. The third-order valence-electron chi connectivity index (χ3n) is 7.65. The molecule has 2 heterocycles. The molecular weight excluding hydrogens is 542 g/mol. The Bertz CT molecular complexity index is 843. The lowest BCUT2D eigenvalue weighted by Gasteiger charge is -2.49. The maximum atomic E-state index is 12.7. The second-order valence-electron chi connectivity index (χ2n) is 10.6. The molecule has 234 valence electrons. The number of hydrogen-bond donors (Lipinski definition) is 13. The summed E-state index contributed by atoms with van der Waals surface area (Å²) in [6.45, 7) is 0.232. The Morgan fingerprint density at radius 2 is 1.40 bits per heavy atom. The monoisotopic (exact) mass is 585 g/mol. The summed E-state index contributed by atoms with van der Waals surface area (Å²) in [5.74, 6) is -0.986. The first-order valence-electron chi connectivity index (χ1n) is 13.0. The summed E-state index contributed by atoms with van der Waals surface area (Å²) < 4.78 is 22.6. The van der Waals surface area contributed by atoms with E-state index in [1.165, 1.54) is 6.92 Å². The van der Waals surface area contributed by atoms with Crippen LogP contribution in [0.15, 0.2) is 0 Å². The van der Waals surface area contributed by atoms with Gasteiger partial charge in [-0.05, 0) is 19.9 Å². The van der Waals surface area contributed by atoms with Gasteiger partial charge in [0.1, 0.15) is 60.5 Å². The van der Waals surface area contributed by atoms with Gasteiger partial charge in [-0.1, -0.05) is 0 Å². The van der Waals surface area contributed by atoms with Crippen molar-refractivity contribution in [2.75, 3.05) is 19.7 Å². The average molecular weight is 586 g/mol. The van der Waals surface area contributed by atoms with E-state index in [1.807, 2.05) is 0 Å². The van der Waals surface area contributed by atoms with Crippen molar-refractivity contribution >= 4 is 5.91 Å². The second-order valence-corrected chi connectivity index (χ2v) is 10.6. The van der Waals surface area contributed by atoms with Gasteiger partial charge in [0.2, 0.25) is 0 Å². The minimum absolute atomic E-state index is 0.0470. The molecule has 1 amide bonds. The number of ether oxygens (including phenoxy) is 4. The van der Waals surface area contributed by atoms with Gasteiger partial charge in [-0.15, -0.1) is 0 Å². The van der Waals surface area contributed by atoms with Crippen molar-refractivity contribution < 1.29 is 64.6 Å². The standard InChI is InChI=1S/C22H43N5O13/c1-22(36,2-3-23)21(35)27-10-13(31)8(25)17(39-19-9(26)14(32)11(29)6(4-24)37-19)18(15(10)33)40-20-16(34)12(30)7(5-28)38-20/h6-20,28-34,36H,2-5,23-26H2,1H3,(H,27,35). The van der Waals surface area contributed by atoms with Gasteiger partial charge in [0.15, 0.2) is 12.6 Å². The minimum Gasteiger partial charge on any atom is -0.394 e. The van der Waals surface area contributed by atoms with Crippen molar-refractivity contribution in [3.05, 3.63) is 0 Å². The van der Waals surface area contributed by atoms with Gasteiger partial charge in [-0.25, -0.2) is 0 Å². The molecule has 18 nitrogen and oxygen atoms in total. The molecule has 3 rings (SSSR count). The third-order valence-corrected chi connectivity index (χ3v) is 7.65. The maximum Gasteiger partial charge on any atom is 0.252 e. The smallest absolute Gasteiger partial charge is 0.252 e. The van der Waals surface area contributed by atoms with Crippen molar-refractivity contribution in [3.63, 3.8) is 0 Å². The predicted molar refractivity (Wildman–Crippen MR) is 131 cm³/mol. The van der Waals surface area contributed by atoms with Crippen LogP contribution in [0, 0.1) is 0 Å². The first-order chi connectivity index (χ1) is 18.7. The summed E-state index contributed by atoms with van der Waals surface area (Å²) in [7, 11) is 0. The molecule has 18 heteroatoms. The largest absolute Gasteiger partial charge is 0.394 e. The molecule has 0 radical (unpaired) electrons. The van der Waals surface area contributed by atoms with Crippen LogP contribution < -0.4 is 28.3 Å². The highest BCUT2D eigenvalue weighted by Gasteiger charge is 2.56. The molecule has 0 aromatic rings. The molecule has 0 aromatic carbocycles. The van der Waals surface area contributed by atoms with Crippen LogP contribution in [0.5, 0.6) is 0 Å². The summed E-state index contributed by atoms with van der Waals surface area (Å²) in [6, 6.07) is -4.37. The predicted octanol–water partition coefficient (Wildman–Crippen LogP) is -8.42. The molecule has 16 unspecified atom stereocenters. The van der Waals surface area contributed by atoms with Gasteiger partial charge in [-0.2, -0.15) is 0 Å². The molecule has 0 spiro atoms. The van der Waals surface area contributed by atoms with E-state index in [2.05, 4.69) is 5.32 Å². The number of rotatable bonds is 10. The number of nitrogens with one attached hydrogen (secondary N) is 1. The van der Waals surface area contributed by atoms with Gasteiger partial charge in [0, 0.05) is 6.54 Å². The average Bonchev–Trinajstić information content (AvgIpc) is 3.19. The molecule has 0 bridgehead atoms. The zero-order valence-corrected chi connectivity index (χ0v) is 21.9. The molecule has 16 atom stereocenters. The van der Waals surface area contributed by atoms with Gasteiger partial charge in [0.05, 0.1) is 30.8 Å². The van der Waals surface area contributed by atoms with Crippen molar-refractivity contribution in [1.29, 1.82) is 0 Å². The highest BCUT2D eigenvalue weighted by atomic mass is 16.7. The van der Waals surface area contributed by atoms with Crippen LogP contribution in [0.4, 0.5) is 0 Å². The summed E-state index contributed by atoms with van der Waals surface area (Å²) in [5, 5.41) is 85.5. The number of amides is 1. The van der Waals surface area contributed by atoms with Crippen LogP contribution >= 0.6 is 0 Å². The fraction of sp³-hybridized carbons (Fsp3) is 0.955. The van der Waals surface area contributed by atoms with Gasteiger partial charge in [0.25, 0.3) is 5.91 Å².